The first-order valence-corrected chi connectivity index (χ1v) is 7.51. The molecule has 0 radical (unpaired) electrons. The zero-order chi connectivity index (χ0) is 15.1. The molecule has 0 bridgehead atoms. The van der Waals surface area contributed by atoms with E-state index >= 15 is 0 Å². The molecule has 1 aliphatic carbocycles. The van der Waals surface area contributed by atoms with Gasteiger partial charge in [-0.2, -0.15) is 5.10 Å². The Bertz CT molecular complexity index is 521. The highest BCUT2D eigenvalue weighted by atomic mass is 32.1. The fourth-order valence-electron chi connectivity index (χ4n) is 2.31. The maximum Gasteiger partial charge on any atom is 0.221 e. The average molecular weight is 304 g/mol. The Hall–Kier alpha value is -1.95. The van der Waals surface area contributed by atoms with Crippen molar-refractivity contribution in [3.63, 3.8) is 0 Å². The summed E-state index contributed by atoms with van der Waals surface area (Å²) < 4.78 is 0. The third kappa shape index (κ3) is 5.51. The summed E-state index contributed by atoms with van der Waals surface area (Å²) in [6, 6.07) is 7.90. The van der Waals surface area contributed by atoms with Crippen LogP contribution in [-0.2, 0) is 4.79 Å². The zero-order valence-corrected chi connectivity index (χ0v) is 12.9. The van der Waals surface area contributed by atoms with Gasteiger partial charge in [0.25, 0.3) is 0 Å². The highest BCUT2D eigenvalue weighted by Crippen LogP contribution is 2.17. The molecule has 1 fully saturated rings. The van der Waals surface area contributed by atoms with Crippen LogP contribution in [0.2, 0.25) is 0 Å². The number of nitrogens with zero attached hydrogens (tertiary/aromatic N) is 1. The van der Waals surface area contributed by atoms with Crippen molar-refractivity contribution < 1.29 is 4.79 Å². The molecule has 3 N–H and O–H groups in total. The summed E-state index contributed by atoms with van der Waals surface area (Å²) in [6.45, 7) is 1.48. The monoisotopic (exact) mass is 304 g/mol. The predicted molar refractivity (Wildman–Crippen MR) is 89.5 cm³/mol. The van der Waals surface area contributed by atoms with Crippen LogP contribution in [0, 0.1) is 0 Å². The van der Waals surface area contributed by atoms with E-state index in [9.17, 15) is 4.79 Å². The van der Waals surface area contributed by atoms with Gasteiger partial charge in [-0.25, -0.2) is 0 Å². The largest absolute Gasteiger partial charge is 0.359 e. The number of hydrogen-bond acceptors (Lipinski definition) is 3. The van der Waals surface area contributed by atoms with E-state index < -0.39 is 0 Å². The highest BCUT2D eigenvalue weighted by molar-refractivity contribution is 7.80. The third-order valence-electron chi connectivity index (χ3n) is 3.30. The standard InChI is InChI=1S/C15H20N4OS/c1-11(20)17-14-8-6-12(7-9-14)10-16-19-15(21)18-13-4-2-3-5-13/h6-10,13H,2-5H2,1H3,(H,17,20)(H2,18,19,21)/b16-10+. The Kier molecular flexibility index (Phi) is 5.68. The van der Waals surface area contributed by atoms with E-state index in [2.05, 4.69) is 21.2 Å². The Morgan fingerprint density at radius 3 is 2.57 bits per heavy atom. The summed E-state index contributed by atoms with van der Waals surface area (Å²) in [7, 11) is 0. The Morgan fingerprint density at radius 2 is 1.95 bits per heavy atom. The normalized spacial score (nSPS) is 15.1. The van der Waals surface area contributed by atoms with Gasteiger partial charge in [0, 0.05) is 18.7 Å². The molecule has 0 unspecified atom stereocenters. The molecule has 1 aromatic rings. The van der Waals surface area contributed by atoms with Crippen molar-refractivity contribution in [3.8, 4) is 0 Å². The van der Waals surface area contributed by atoms with Gasteiger partial charge in [-0.15, -0.1) is 0 Å². The number of thiocarbonyl (C=S) groups is 1. The molecule has 1 aromatic carbocycles. The van der Waals surface area contributed by atoms with Gasteiger partial charge in [0.15, 0.2) is 5.11 Å². The van der Waals surface area contributed by atoms with Crippen LogP contribution in [0.3, 0.4) is 0 Å². The lowest BCUT2D eigenvalue weighted by Gasteiger charge is -2.13. The molecule has 0 aromatic heterocycles. The lowest BCUT2D eigenvalue weighted by Crippen LogP contribution is -2.38. The maximum absolute atomic E-state index is 10.9. The molecule has 1 aliphatic rings. The van der Waals surface area contributed by atoms with Gasteiger partial charge in [-0.05, 0) is 42.8 Å². The molecule has 0 saturated heterocycles. The fourth-order valence-corrected chi connectivity index (χ4v) is 2.53. The smallest absolute Gasteiger partial charge is 0.221 e. The summed E-state index contributed by atoms with van der Waals surface area (Å²) >= 11 is 5.19. The summed E-state index contributed by atoms with van der Waals surface area (Å²) in [6.07, 6.45) is 6.58. The number of benzene rings is 1. The predicted octanol–water partition coefficient (Wildman–Crippen LogP) is 2.39. The van der Waals surface area contributed by atoms with Crippen LogP contribution in [0.5, 0.6) is 0 Å². The van der Waals surface area contributed by atoms with Crippen molar-refractivity contribution in [3.05, 3.63) is 29.8 Å². The molecule has 2 rings (SSSR count). The van der Waals surface area contributed by atoms with Crippen LogP contribution in [0.1, 0.15) is 38.2 Å². The van der Waals surface area contributed by atoms with E-state index in [0.29, 0.717) is 11.2 Å². The van der Waals surface area contributed by atoms with Crippen molar-refractivity contribution in [1.82, 2.24) is 10.7 Å². The third-order valence-corrected chi connectivity index (χ3v) is 3.51. The van der Waals surface area contributed by atoms with Crippen molar-refractivity contribution in [2.24, 2.45) is 5.10 Å². The molecule has 1 saturated carbocycles. The Morgan fingerprint density at radius 1 is 1.29 bits per heavy atom. The molecule has 112 valence electrons. The van der Waals surface area contributed by atoms with Gasteiger partial charge in [0.1, 0.15) is 0 Å². The van der Waals surface area contributed by atoms with Gasteiger partial charge in [-0.1, -0.05) is 25.0 Å². The van der Waals surface area contributed by atoms with Crippen molar-refractivity contribution in [1.29, 1.82) is 0 Å². The molecule has 0 atom stereocenters. The second kappa shape index (κ2) is 7.73. The second-order valence-electron chi connectivity index (χ2n) is 5.13. The molecule has 0 spiro atoms. The molecular weight excluding hydrogens is 284 g/mol. The Labute approximate surface area is 130 Å². The maximum atomic E-state index is 10.9. The molecule has 1 amide bonds. The highest BCUT2D eigenvalue weighted by Gasteiger charge is 2.14. The zero-order valence-electron chi connectivity index (χ0n) is 12.1. The van der Waals surface area contributed by atoms with Crippen LogP contribution in [0.25, 0.3) is 0 Å². The van der Waals surface area contributed by atoms with E-state index in [1.807, 2.05) is 24.3 Å². The summed E-state index contributed by atoms with van der Waals surface area (Å²) in [5.41, 5.74) is 4.53. The number of nitrogens with one attached hydrogen (secondary N) is 3. The molecule has 5 nitrogen and oxygen atoms in total. The summed E-state index contributed by atoms with van der Waals surface area (Å²) in [5, 5.41) is 10.6. The van der Waals surface area contributed by atoms with Crippen LogP contribution < -0.4 is 16.1 Å². The second-order valence-corrected chi connectivity index (χ2v) is 5.54. The minimum atomic E-state index is -0.0820. The number of hydrazone groups is 1. The van der Waals surface area contributed by atoms with E-state index in [-0.39, 0.29) is 5.91 Å². The lowest BCUT2D eigenvalue weighted by molar-refractivity contribution is -0.114. The number of carbonyl (C=O) groups is 1. The fraction of sp³-hybridized carbons (Fsp3) is 0.400. The van der Waals surface area contributed by atoms with Gasteiger partial charge in [0.2, 0.25) is 5.91 Å². The van der Waals surface area contributed by atoms with E-state index in [1.165, 1.54) is 32.6 Å². The first-order valence-electron chi connectivity index (χ1n) is 7.11. The summed E-state index contributed by atoms with van der Waals surface area (Å²) in [5.74, 6) is -0.0820. The SMILES string of the molecule is CC(=O)Nc1ccc(/C=N/NC(=S)NC2CCCC2)cc1. The minimum Gasteiger partial charge on any atom is -0.359 e. The topological polar surface area (TPSA) is 65.5 Å². The summed E-state index contributed by atoms with van der Waals surface area (Å²) in [4.78, 5) is 10.9. The molecular formula is C15H20N4OS. The first-order chi connectivity index (χ1) is 10.1. The number of hydrogen-bond donors (Lipinski definition) is 3. The van der Waals surface area contributed by atoms with Gasteiger partial charge >= 0.3 is 0 Å². The quantitative estimate of drug-likeness (QED) is 0.454. The van der Waals surface area contributed by atoms with Crippen LogP contribution in [0.15, 0.2) is 29.4 Å². The minimum absolute atomic E-state index is 0.0820. The first kappa shape index (κ1) is 15.4. The van der Waals surface area contributed by atoms with Crippen LogP contribution >= 0.6 is 12.2 Å². The van der Waals surface area contributed by atoms with Crippen LogP contribution in [-0.4, -0.2) is 23.3 Å². The van der Waals surface area contributed by atoms with Crippen LogP contribution in [0.4, 0.5) is 5.69 Å². The number of amides is 1. The van der Waals surface area contributed by atoms with Gasteiger partial charge in [0.05, 0.1) is 6.21 Å². The van der Waals surface area contributed by atoms with Gasteiger partial charge in [-0.3, -0.25) is 10.2 Å². The van der Waals surface area contributed by atoms with Crippen molar-refractivity contribution in [2.45, 2.75) is 38.6 Å². The molecule has 0 heterocycles. The van der Waals surface area contributed by atoms with Crippen molar-refractivity contribution >= 4 is 35.1 Å². The van der Waals surface area contributed by atoms with Gasteiger partial charge < -0.3 is 10.6 Å². The molecule has 0 aliphatic heterocycles. The Balaban J connectivity index is 1.77. The number of anilines is 1. The van der Waals surface area contributed by atoms with E-state index in [0.717, 1.165) is 11.3 Å². The molecule has 21 heavy (non-hydrogen) atoms. The van der Waals surface area contributed by atoms with E-state index in [1.54, 1.807) is 6.21 Å². The average Bonchev–Trinajstić information content (AvgIpc) is 2.93. The lowest BCUT2D eigenvalue weighted by atomic mass is 10.2. The molecule has 6 heteroatoms. The number of rotatable bonds is 4. The van der Waals surface area contributed by atoms with Crippen molar-refractivity contribution in [2.75, 3.05) is 5.32 Å². The van der Waals surface area contributed by atoms with E-state index in [4.69, 9.17) is 12.2 Å². The number of carbonyl (C=O) groups excluding carboxylic acids is 1.